The number of carbonyl (C=O) groups is 1. The van der Waals surface area contributed by atoms with Crippen molar-refractivity contribution < 1.29 is 19.4 Å². The van der Waals surface area contributed by atoms with Gasteiger partial charge in [-0.05, 0) is 0 Å². The molecule has 4 nitrogen and oxygen atoms in total. The fourth-order valence-corrected chi connectivity index (χ4v) is 1.51. The Morgan fingerprint density at radius 1 is 1.33 bits per heavy atom. The molecule has 1 aliphatic rings. The van der Waals surface area contributed by atoms with Crippen LogP contribution in [0.2, 0.25) is 0 Å². The molecule has 1 aromatic carbocycles. The van der Waals surface area contributed by atoms with Crippen molar-refractivity contribution >= 4 is 5.97 Å². The molecule has 1 aromatic rings. The maximum Gasteiger partial charge on any atom is 0.333 e. The first-order valence-electron chi connectivity index (χ1n) is 4.82. The van der Waals surface area contributed by atoms with E-state index < -0.39 is 18.4 Å². The molecule has 0 saturated carbocycles. The summed E-state index contributed by atoms with van der Waals surface area (Å²) in [6, 6.07) is 9.34. The van der Waals surface area contributed by atoms with Crippen molar-refractivity contribution in [2.75, 3.05) is 6.61 Å². The zero-order valence-electron chi connectivity index (χ0n) is 8.13. The van der Waals surface area contributed by atoms with Gasteiger partial charge < -0.3 is 14.6 Å². The lowest BCUT2D eigenvalue weighted by Gasteiger charge is -2.27. The van der Waals surface area contributed by atoms with Gasteiger partial charge in [-0.15, -0.1) is 0 Å². The summed E-state index contributed by atoms with van der Waals surface area (Å²) >= 11 is 0. The van der Waals surface area contributed by atoms with Crippen LogP contribution in [0.5, 0.6) is 0 Å². The lowest BCUT2D eigenvalue weighted by atomic mass is 10.2. The summed E-state index contributed by atoms with van der Waals surface area (Å²) in [4.78, 5) is 10.8. The molecule has 1 N–H and O–H groups in total. The number of benzene rings is 1. The summed E-state index contributed by atoms with van der Waals surface area (Å²) in [5.74, 6) is -0.931. The Morgan fingerprint density at radius 3 is 2.73 bits per heavy atom. The van der Waals surface area contributed by atoms with Gasteiger partial charge in [0.2, 0.25) is 0 Å². The molecule has 80 valence electrons. The van der Waals surface area contributed by atoms with Gasteiger partial charge in [0.25, 0.3) is 0 Å². The van der Waals surface area contributed by atoms with E-state index in [4.69, 9.17) is 14.6 Å². The summed E-state index contributed by atoms with van der Waals surface area (Å²) in [5, 5.41) is 8.82. The van der Waals surface area contributed by atoms with Crippen LogP contribution in [0.15, 0.2) is 30.3 Å². The predicted octanol–water partition coefficient (Wildman–Crippen LogP) is 1.58. The Balaban J connectivity index is 2.08. The van der Waals surface area contributed by atoms with E-state index in [2.05, 4.69) is 0 Å². The summed E-state index contributed by atoms with van der Waals surface area (Å²) in [7, 11) is 0. The van der Waals surface area contributed by atoms with Crippen molar-refractivity contribution in [1.82, 2.24) is 0 Å². The first kappa shape index (κ1) is 10.1. The van der Waals surface area contributed by atoms with E-state index in [1.165, 1.54) is 0 Å². The Bertz CT molecular complexity index is 336. The molecule has 15 heavy (non-hydrogen) atoms. The number of ether oxygens (including phenoxy) is 2. The van der Waals surface area contributed by atoms with Crippen LogP contribution in [0.4, 0.5) is 0 Å². The van der Waals surface area contributed by atoms with Crippen molar-refractivity contribution in [3.63, 3.8) is 0 Å². The minimum Gasteiger partial charge on any atom is -0.479 e. The van der Waals surface area contributed by atoms with Crippen LogP contribution in [0.1, 0.15) is 18.3 Å². The molecule has 0 aromatic heterocycles. The summed E-state index contributed by atoms with van der Waals surface area (Å²) in [6.45, 7) is 0.413. The lowest BCUT2D eigenvalue weighted by molar-refractivity contribution is -0.224. The molecule has 0 aliphatic carbocycles. The van der Waals surface area contributed by atoms with E-state index in [1.807, 2.05) is 30.3 Å². The maximum absolute atomic E-state index is 10.8. The van der Waals surface area contributed by atoms with E-state index in [0.717, 1.165) is 5.56 Å². The molecule has 2 rings (SSSR count). The number of aliphatic carboxylic acids is 1. The van der Waals surface area contributed by atoms with E-state index in [9.17, 15) is 4.79 Å². The average Bonchev–Trinajstić information content (AvgIpc) is 2.30. The summed E-state index contributed by atoms with van der Waals surface area (Å²) in [6.07, 6.45) is -0.913. The van der Waals surface area contributed by atoms with Gasteiger partial charge in [0.1, 0.15) is 0 Å². The standard InChI is InChI=1S/C11H12O4/c12-10(13)9-6-7-14-11(15-9)8-4-2-1-3-5-8/h1-5,9,11H,6-7H2,(H,12,13)/t9-,11?/m1/s1. The highest BCUT2D eigenvalue weighted by Gasteiger charge is 2.28. The summed E-state index contributed by atoms with van der Waals surface area (Å²) in [5.41, 5.74) is 0.850. The van der Waals surface area contributed by atoms with E-state index in [-0.39, 0.29) is 0 Å². The number of carboxylic acid groups (broad SMARTS) is 1. The topological polar surface area (TPSA) is 55.8 Å². The molecule has 1 fully saturated rings. The van der Waals surface area contributed by atoms with Crippen molar-refractivity contribution in [1.29, 1.82) is 0 Å². The number of hydrogen-bond donors (Lipinski definition) is 1. The van der Waals surface area contributed by atoms with Crippen molar-refractivity contribution in [2.24, 2.45) is 0 Å². The Kier molecular flexibility index (Phi) is 2.99. The summed E-state index contributed by atoms with van der Waals surface area (Å²) < 4.78 is 10.7. The highest BCUT2D eigenvalue weighted by molar-refractivity contribution is 5.72. The number of carboxylic acids is 1. The molecule has 1 heterocycles. The van der Waals surface area contributed by atoms with Gasteiger partial charge in [0.05, 0.1) is 6.61 Å². The molecule has 1 aliphatic heterocycles. The third-order valence-electron chi connectivity index (χ3n) is 2.28. The smallest absolute Gasteiger partial charge is 0.333 e. The fraction of sp³-hybridized carbons (Fsp3) is 0.364. The van der Waals surface area contributed by atoms with E-state index >= 15 is 0 Å². The first-order chi connectivity index (χ1) is 7.27. The zero-order chi connectivity index (χ0) is 10.7. The minimum absolute atomic E-state index is 0.401. The first-order valence-corrected chi connectivity index (χ1v) is 4.82. The lowest BCUT2D eigenvalue weighted by Crippen LogP contribution is -2.33. The molecule has 0 amide bonds. The quantitative estimate of drug-likeness (QED) is 0.801. The Hall–Kier alpha value is -1.39. The molecule has 1 unspecified atom stereocenters. The second-order valence-corrected chi connectivity index (χ2v) is 3.37. The van der Waals surface area contributed by atoms with Crippen LogP contribution in [0.3, 0.4) is 0 Å². The highest BCUT2D eigenvalue weighted by Crippen LogP contribution is 2.25. The highest BCUT2D eigenvalue weighted by atomic mass is 16.7. The minimum atomic E-state index is -0.931. The van der Waals surface area contributed by atoms with Crippen molar-refractivity contribution in [3.05, 3.63) is 35.9 Å². The molecule has 4 heteroatoms. The Labute approximate surface area is 87.4 Å². The molecule has 2 atom stereocenters. The van der Waals surface area contributed by atoms with Crippen molar-refractivity contribution in [3.8, 4) is 0 Å². The van der Waals surface area contributed by atoms with Gasteiger partial charge in [-0.3, -0.25) is 0 Å². The monoisotopic (exact) mass is 208 g/mol. The largest absolute Gasteiger partial charge is 0.479 e. The van der Waals surface area contributed by atoms with Gasteiger partial charge >= 0.3 is 5.97 Å². The van der Waals surface area contributed by atoms with Crippen LogP contribution in [-0.4, -0.2) is 23.8 Å². The average molecular weight is 208 g/mol. The van der Waals surface area contributed by atoms with Gasteiger partial charge in [0.15, 0.2) is 12.4 Å². The maximum atomic E-state index is 10.8. The Morgan fingerprint density at radius 2 is 2.07 bits per heavy atom. The van der Waals surface area contributed by atoms with E-state index in [1.54, 1.807) is 0 Å². The van der Waals surface area contributed by atoms with Gasteiger partial charge in [-0.25, -0.2) is 4.79 Å². The molecular weight excluding hydrogens is 196 g/mol. The molecule has 0 bridgehead atoms. The van der Waals surface area contributed by atoms with E-state index in [0.29, 0.717) is 13.0 Å². The third kappa shape index (κ3) is 2.34. The predicted molar refractivity (Wildman–Crippen MR) is 52.3 cm³/mol. The van der Waals surface area contributed by atoms with Crippen LogP contribution >= 0.6 is 0 Å². The SMILES string of the molecule is O=C(O)[C@H]1CCOC(c2ccccc2)O1. The van der Waals surface area contributed by atoms with Crippen LogP contribution in [0, 0.1) is 0 Å². The molecular formula is C11H12O4. The van der Waals surface area contributed by atoms with Gasteiger partial charge in [-0.1, -0.05) is 30.3 Å². The zero-order valence-corrected chi connectivity index (χ0v) is 8.13. The third-order valence-corrected chi connectivity index (χ3v) is 2.28. The van der Waals surface area contributed by atoms with Gasteiger partial charge in [-0.2, -0.15) is 0 Å². The fourth-order valence-electron chi connectivity index (χ4n) is 1.51. The molecule has 0 radical (unpaired) electrons. The normalized spacial score (nSPS) is 26.1. The van der Waals surface area contributed by atoms with Crippen molar-refractivity contribution in [2.45, 2.75) is 18.8 Å². The second kappa shape index (κ2) is 4.42. The van der Waals surface area contributed by atoms with Crippen LogP contribution < -0.4 is 0 Å². The van der Waals surface area contributed by atoms with Crippen LogP contribution in [-0.2, 0) is 14.3 Å². The molecule has 0 spiro atoms. The number of hydrogen-bond acceptors (Lipinski definition) is 3. The van der Waals surface area contributed by atoms with Gasteiger partial charge in [0, 0.05) is 12.0 Å². The van der Waals surface area contributed by atoms with Crippen LogP contribution in [0.25, 0.3) is 0 Å². The number of rotatable bonds is 2. The molecule has 1 saturated heterocycles. The second-order valence-electron chi connectivity index (χ2n) is 3.37.